The fourth-order valence-electron chi connectivity index (χ4n) is 2.10. The lowest BCUT2D eigenvalue weighted by molar-refractivity contribution is 0.761. The van der Waals surface area contributed by atoms with Crippen molar-refractivity contribution >= 4 is 36.0 Å². The Morgan fingerprint density at radius 1 is 0.778 bits per heavy atom. The molecule has 0 saturated carbocycles. The summed E-state index contributed by atoms with van der Waals surface area (Å²) in [6.07, 6.45) is -3.28. The number of hydrogen-bond acceptors (Lipinski definition) is 2. The lowest BCUT2D eigenvalue weighted by Gasteiger charge is -2.45. The maximum atomic E-state index is 6.11. The summed E-state index contributed by atoms with van der Waals surface area (Å²) in [6.45, 7) is 20.3. The summed E-state index contributed by atoms with van der Waals surface area (Å²) >= 11 is 12.2. The first-order valence-corrected chi connectivity index (χ1v) is 12.6. The Morgan fingerprint density at radius 3 is 1.28 bits per heavy atom. The van der Waals surface area contributed by atoms with E-state index in [1.54, 1.807) is 0 Å². The molecule has 0 radical (unpaired) electrons. The molecule has 0 saturated heterocycles. The highest BCUT2D eigenvalue weighted by Gasteiger charge is 2.40. The van der Waals surface area contributed by atoms with Gasteiger partial charge in [0, 0.05) is 17.5 Å². The van der Waals surface area contributed by atoms with Crippen molar-refractivity contribution in [3.05, 3.63) is 0 Å². The third kappa shape index (κ3) is 3.89. The summed E-state index contributed by atoms with van der Waals surface area (Å²) < 4.78 is 0. The summed E-state index contributed by atoms with van der Waals surface area (Å²) in [5.74, 6) is 0. The molecule has 110 valence electrons. The Morgan fingerprint density at radius 2 is 1.11 bits per heavy atom. The van der Waals surface area contributed by atoms with Gasteiger partial charge < -0.3 is 0 Å². The highest BCUT2D eigenvalue weighted by Crippen LogP contribution is 2.67. The molecule has 1 unspecified atom stereocenters. The lowest BCUT2D eigenvalue weighted by atomic mass is 10.3. The Kier molecular flexibility index (Phi) is 6.80. The fourth-order valence-corrected chi connectivity index (χ4v) is 13.5. The van der Waals surface area contributed by atoms with E-state index in [0.717, 1.165) is 0 Å². The zero-order valence-corrected chi connectivity index (χ0v) is 16.9. The molecule has 0 amide bonds. The van der Waals surface area contributed by atoms with Crippen molar-refractivity contribution < 1.29 is 0 Å². The second kappa shape index (κ2) is 6.35. The first-order valence-electron chi connectivity index (χ1n) is 6.77. The predicted octanol–water partition coefficient (Wildman–Crippen LogP) is 5.39. The van der Waals surface area contributed by atoms with E-state index < -0.39 is 12.4 Å². The standard InChI is InChI=1S/C13H31NP2S2/c1-10(2)15(17,11(3)4)14-16(18,12(5)6)13(7,8)9/h10-12H,1-9H3,(H,14,17,18). The Balaban J connectivity index is 5.63. The summed E-state index contributed by atoms with van der Waals surface area (Å²) in [6, 6.07) is 0. The molecule has 0 spiro atoms. The molecule has 0 rings (SSSR count). The van der Waals surface area contributed by atoms with Crippen molar-refractivity contribution in [3.63, 3.8) is 0 Å². The predicted molar refractivity (Wildman–Crippen MR) is 96.9 cm³/mol. The Hall–Kier alpha value is 1.26. The molecule has 5 heteroatoms. The molecule has 18 heavy (non-hydrogen) atoms. The number of nitrogens with one attached hydrogen (secondary N) is 1. The van der Waals surface area contributed by atoms with E-state index in [4.69, 9.17) is 23.6 Å². The average molecular weight is 327 g/mol. The van der Waals surface area contributed by atoms with Crippen LogP contribution in [0.15, 0.2) is 0 Å². The summed E-state index contributed by atoms with van der Waals surface area (Å²) in [7, 11) is 0. The molecule has 0 aliphatic rings. The molecule has 1 N–H and O–H groups in total. The molecule has 0 heterocycles. The molecule has 0 aromatic rings. The van der Waals surface area contributed by atoms with Crippen LogP contribution in [0.2, 0.25) is 0 Å². The molecule has 0 fully saturated rings. The Bertz CT molecular complexity index is 356. The van der Waals surface area contributed by atoms with Crippen molar-refractivity contribution in [2.24, 2.45) is 0 Å². The van der Waals surface area contributed by atoms with Gasteiger partial charge in [0.15, 0.2) is 0 Å². The minimum atomic E-state index is -1.68. The number of hydrogen-bond donors (Lipinski definition) is 1. The van der Waals surface area contributed by atoms with Crippen LogP contribution in [0, 0.1) is 0 Å². The fraction of sp³-hybridized carbons (Fsp3) is 1.00. The molecule has 0 bridgehead atoms. The van der Waals surface area contributed by atoms with Gasteiger partial charge in [0.05, 0.1) is 0 Å². The van der Waals surface area contributed by atoms with Crippen LogP contribution in [-0.4, -0.2) is 22.1 Å². The lowest BCUT2D eigenvalue weighted by Crippen LogP contribution is -2.32. The molecule has 1 nitrogen and oxygen atoms in total. The van der Waals surface area contributed by atoms with Crippen LogP contribution < -0.4 is 4.86 Å². The SMILES string of the molecule is CC(C)P(=S)(NP(=S)(C(C)C)C(C)(C)C)C(C)C. The van der Waals surface area contributed by atoms with Gasteiger partial charge in [-0.2, -0.15) is 0 Å². The molecular weight excluding hydrogens is 296 g/mol. The second-order valence-corrected chi connectivity index (χ2v) is 18.4. The first kappa shape index (κ1) is 19.3. The number of rotatable bonds is 5. The first-order chi connectivity index (χ1) is 7.79. The van der Waals surface area contributed by atoms with Gasteiger partial charge in [-0.1, -0.05) is 85.9 Å². The van der Waals surface area contributed by atoms with Crippen LogP contribution in [0.3, 0.4) is 0 Å². The zero-order valence-electron chi connectivity index (χ0n) is 13.4. The van der Waals surface area contributed by atoms with Crippen LogP contribution in [0.5, 0.6) is 0 Å². The van der Waals surface area contributed by atoms with Crippen LogP contribution in [-0.2, 0) is 23.6 Å². The van der Waals surface area contributed by atoms with E-state index in [0.29, 0.717) is 17.0 Å². The van der Waals surface area contributed by atoms with Crippen molar-refractivity contribution in [1.82, 2.24) is 4.86 Å². The average Bonchev–Trinajstić information content (AvgIpc) is 2.14. The van der Waals surface area contributed by atoms with E-state index in [2.05, 4.69) is 67.2 Å². The van der Waals surface area contributed by atoms with Gasteiger partial charge in [-0.25, -0.2) is 0 Å². The van der Waals surface area contributed by atoms with Gasteiger partial charge in [0.25, 0.3) is 0 Å². The van der Waals surface area contributed by atoms with Crippen molar-refractivity contribution in [3.8, 4) is 0 Å². The van der Waals surface area contributed by atoms with E-state index in [1.165, 1.54) is 0 Å². The van der Waals surface area contributed by atoms with Crippen LogP contribution in [0.25, 0.3) is 0 Å². The third-order valence-electron chi connectivity index (χ3n) is 3.56. The van der Waals surface area contributed by atoms with Gasteiger partial charge in [-0.05, 0) is 17.0 Å². The van der Waals surface area contributed by atoms with E-state index >= 15 is 0 Å². The summed E-state index contributed by atoms with van der Waals surface area (Å²) in [5, 5.41) is 0.129. The maximum Gasteiger partial charge on any atom is 0.0239 e. The van der Waals surface area contributed by atoms with Gasteiger partial charge in [0.2, 0.25) is 0 Å². The molecule has 0 aromatic carbocycles. The van der Waals surface area contributed by atoms with Gasteiger partial charge in [0.1, 0.15) is 0 Å². The third-order valence-corrected chi connectivity index (χ3v) is 19.4. The van der Waals surface area contributed by atoms with Gasteiger partial charge in [-0.15, -0.1) is 0 Å². The van der Waals surface area contributed by atoms with E-state index in [1.807, 2.05) is 0 Å². The molecule has 0 aromatic heterocycles. The van der Waals surface area contributed by atoms with Gasteiger partial charge >= 0.3 is 0 Å². The minimum absolute atomic E-state index is 0.129. The summed E-state index contributed by atoms with van der Waals surface area (Å²) in [5.41, 5.74) is 1.51. The van der Waals surface area contributed by atoms with Crippen LogP contribution in [0.4, 0.5) is 0 Å². The Labute approximate surface area is 125 Å². The smallest absolute Gasteiger partial charge is 0.0239 e. The quantitative estimate of drug-likeness (QED) is 0.680. The highest BCUT2D eigenvalue weighted by atomic mass is 32.5. The molecule has 1 atom stereocenters. The second-order valence-electron chi connectivity index (χ2n) is 6.92. The normalized spacial score (nSPS) is 17.6. The van der Waals surface area contributed by atoms with Crippen molar-refractivity contribution in [2.75, 3.05) is 0 Å². The molecule has 0 aliphatic heterocycles. The van der Waals surface area contributed by atoms with Gasteiger partial charge in [-0.3, -0.25) is 4.86 Å². The maximum absolute atomic E-state index is 6.11. The largest absolute Gasteiger partial charge is 0.258 e. The highest BCUT2D eigenvalue weighted by molar-refractivity contribution is 8.23. The van der Waals surface area contributed by atoms with Crippen molar-refractivity contribution in [2.45, 2.75) is 84.4 Å². The topological polar surface area (TPSA) is 12.0 Å². The molecule has 0 aliphatic carbocycles. The van der Waals surface area contributed by atoms with E-state index in [9.17, 15) is 0 Å². The van der Waals surface area contributed by atoms with Crippen LogP contribution >= 0.6 is 12.4 Å². The van der Waals surface area contributed by atoms with Crippen LogP contribution in [0.1, 0.15) is 62.3 Å². The summed E-state index contributed by atoms with van der Waals surface area (Å²) in [4.78, 5) is 3.90. The van der Waals surface area contributed by atoms with E-state index in [-0.39, 0.29) is 5.16 Å². The van der Waals surface area contributed by atoms with Crippen molar-refractivity contribution in [1.29, 1.82) is 0 Å². The molecular formula is C13H31NP2S2. The zero-order chi connectivity index (χ0) is 14.9. The minimum Gasteiger partial charge on any atom is -0.258 e. The monoisotopic (exact) mass is 327 g/mol.